The maximum Gasteiger partial charge on any atom is 0.345 e. The summed E-state index contributed by atoms with van der Waals surface area (Å²) >= 11 is 0. The van der Waals surface area contributed by atoms with Crippen molar-refractivity contribution < 1.29 is 18.7 Å². The number of nitrogens with one attached hydrogen (secondary N) is 1. The molecule has 1 aromatic heterocycles. The van der Waals surface area contributed by atoms with E-state index in [2.05, 4.69) is 5.32 Å². The number of aromatic nitrogens is 1. The lowest BCUT2D eigenvalue weighted by Crippen LogP contribution is -2.10. The molecule has 5 nitrogen and oxygen atoms in total. The number of nitrogens with zero attached hydrogens (tertiary/aromatic N) is 1. The van der Waals surface area contributed by atoms with Crippen molar-refractivity contribution in [2.24, 2.45) is 0 Å². The molecule has 0 fully saturated rings. The number of aryl methyl sites for hydroxylation is 1. The van der Waals surface area contributed by atoms with Crippen LogP contribution in [0, 0.1) is 19.7 Å². The number of carbonyl (C=O) groups is 2. The number of ether oxygens (including phenoxy) is 1. The van der Waals surface area contributed by atoms with E-state index in [1.54, 1.807) is 42.5 Å². The van der Waals surface area contributed by atoms with Crippen LogP contribution in [0.3, 0.4) is 0 Å². The molecule has 1 heterocycles. The standard InChI is InChI=1S/C21H19FN2O3/c1-13-12-20(14(2)24(13)18-8-4-16(22)5-9-18)21(26)27-19-10-6-17(7-11-19)23-15(3)25/h4-12H,1-3H3,(H,23,25). The van der Waals surface area contributed by atoms with Gasteiger partial charge in [-0.1, -0.05) is 0 Å². The van der Waals surface area contributed by atoms with Gasteiger partial charge in [0.2, 0.25) is 5.91 Å². The van der Waals surface area contributed by atoms with Gasteiger partial charge in [0.1, 0.15) is 11.6 Å². The van der Waals surface area contributed by atoms with Crippen molar-refractivity contribution in [2.75, 3.05) is 5.32 Å². The van der Waals surface area contributed by atoms with Gasteiger partial charge in [-0.05, 0) is 68.4 Å². The van der Waals surface area contributed by atoms with Crippen LogP contribution in [0.4, 0.5) is 10.1 Å². The molecule has 0 unspecified atom stereocenters. The van der Waals surface area contributed by atoms with Crippen LogP contribution in [0.2, 0.25) is 0 Å². The lowest BCUT2D eigenvalue weighted by Gasteiger charge is -2.10. The van der Waals surface area contributed by atoms with E-state index in [1.165, 1.54) is 19.1 Å². The van der Waals surface area contributed by atoms with Crippen molar-refractivity contribution >= 4 is 17.6 Å². The van der Waals surface area contributed by atoms with Crippen LogP contribution in [0.25, 0.3) is 5.69 Å². The molecule has 1 N–H and O–H groups in total. The topological polar surface area (TPSA) is 60.3 Å². The van der Waals surface area contributed by atoms with Crippen molar-refractivity contribution in [1.82, 2.24) is 4.57 Å². The number of benzene rings is 2. The van der Waals surface area contributed by atoms with Crippen molar-refractivity contribution in [2.45, 2.75) is 20.8 Å². The van der Waals surface area contributed by atoms with Gasteiger partial charge in [-0.2, -0.15) is 0 Å². The maximum atomic E-state index is 13.2. The molecule has 0 radical (unpaired) electrons. The summed E-state index contributed by atoms with van der Waals surface area (Å²) in [6.07, 6.45) is 0. The van der Waals surface area contributed by atoms with Gasteiger partial charge in [-0.3, -0.25) is 4.79 Å². The Bertz CT molecular complexity index is 990. The number of anilines is 1. The molecule has 3 aromatic rings. The zero-order valence-electron chi connectivity index (χ0n) is 15.2. The van der Waals surface area contributed by atoms with E-state index in [0.717, 1.165) is 11.4 Å². The average molecular weight is 366 g/mol. The van der Waals surface area contributed by atoms with E-state index < -0.39 is 5.97 Å². The monoisotopic (exact) mass is 366 g/mol. The summed E-state index contributed by atoms with van der Waals surface area (Å²) in [4.78, 5) is 23.6. The SMILES string of the molecule is CC(=O)Nc1ccc(OC(=O)c2cc(C)n(-c3ccc(F)cc3)c2C)cc1. The Labute approximate surface area is 156 Å². The van der Waals surface area contributed by atoms with Gasteiger partial charge in [0.15, 0.2) is 0 Å². The number of amides is 1. The van der Waals surface area contributed by atoms with Crippen LogP contribution in [0.15, 0.2) is 54.6 Å². The molecule has 3 rings (SSSR count). The molecular weight excluding hydrogens is 347 g/mol. The first-order chi connectivity index (χ1) is 12.8. The van der Waals surface area contributed by atoms with Crippen LogP contribution < -0.4 is 10.1 Å². The minimum Gasteiger partial charge on any atom is -0.423 e. The Balaban J connectivity index is 1.82. The number of hydrogen-bond acceptors (Lipinski definition) is 3. The summed E-state index contributed by atoms with van der Waals surface area (Å²) in [7, 11) is 0. The number of halogens is 1. The maximum absolute atomic E-state index is 13.2. The second-order valence-electron chi connectivity index (χ2n) is 6.19. The molecule has 27 heavy (non-hydrogen) atoms. The fraction of sp³-hybridized carbons (Fsp3) is 0.143. The molecule has 0 saturated heterocycles. The lowest BCUT2D eigenvalue weighted by molar-refractivity contribution is -0.114. The van der Waals surface area contributed by atoms with Gasteiger partial charge in [-0.25, -0.2) is 9.18 Å². The number of hydrogen-bond donors (Lipinski definition) is 1. The first-order valence-electron chi connectivity index (χ1n) is 8.40. The summed E-state index contributed by atoms with van der Waals surface area (Å²) in [6.45, 7) is 5.10. The fourth-order valence-electron chi connectivity index (χ4n) is 2.93. The zero-order chi connectivity index (χ0) is 19.6. The highest BCUT2D eigenvalue weighted by atomic mass is 19.1. The second-order valence-corrected chi connectivity index (χ2v) is 6.19. The third-order valence-corrected chi connectivity index (χ3v) is 4.12. The van der Waals surface area contributed by atoms with Crippen molar-refractivity contribution in [3.63, 3.8) is 0 Å². The van der Waals surface area contributed by atoms with Crippen LogP contribution in [0.5, 0.6) is 5.75 Å². The molecule has 0 aliphatic carbocycles. The Morgan fingerprint density at radius 1 is 1.00 bits per heavy atom. The Hall–Kier alpha value is -3.41. The molecule has 0 spiro atoms. The molecule has 0 saturated carbocycles. The van der Waals surface area contributed by atoms with Crippen molar-refractivity contribution in [1.29, 1.82) is 0 Å². The van der Waals surface area contributed by atoms with Gasteiger partial charge in [0.05, 0.1) is 5.56 Å². The smallest absolute Gasteiger partial charge is 0.345 e. The fourth-order valence-corrected chi connectivity index (χ4v) is 2.93. The molecule has 6 heteroatoms. The molecule has 138 valence electrons. The molecule has 2 aromatic carbocycles. The third-order valence-electron chi connectivity index (χ3n) is 4.12. The van der Waals surface area contributed by atoms with E-state index in [1.807, 2.05) is 18.4 Å². The second kappa shape index (κ2) is 7.45. The number of carbonyl (C=O) groups excluding carboxylic acids is 2. The summed E-state index contributed by atoms with van der Waals surface area (Å²) < 4.78 is 20.5. The van der Waals surface area contributed by atoms with Gasteiger partial charge in [-0.15, -0.1) is 0 Å². The Morgan fingerprint density at radius 2 is 1.63 bits per heavy atom. The van der Waals surface area contributed by atoms with E-state index in [0.29, 0.717) is 22.7 Å². The molecule has 0 bridgehead atoms. The quantitative estimate of drug-likeness (QED) is 0.550. The van der Waals surface area contributed by atoms with E-state index in [-0.39, 0.29) is 11.7 Å². The van der Waals surface area contributed by atoms with Gasteiger partial charge < -0.3 is 14.6 Å². The minimum absolute atomic E-state index is 0.173. The zero-order valence-corrected chi connectivity index (χ0v) is 15.2. The van der Waals surface area contributed by atoms with Gasteiger partial charge >= 0.3 is 5.97 Å². The average Bonchev–Trinajstić information content (AvgIpc) is 2.92. The summed E-state index contributed by atoms with van der Waals surface area (Å²) in [5.74, 6) is -0.596. The van der Waals surface area contributed by atoms with Gasteiger partial charge in [0.25, 0.3) is 0 Å². The highest BCUT2D eigenvalue weighted by Gasteiger charge is 2.18. The molecular formula is C21H19FN2O3. The Kier molecular flexibility index (Phi) is 5.07. The van der Waals surface area contributed by atoms with E-state index >= 15 is 0 Å². The summed E-state index contributed by atoms with van der Waals surface area (Å²) in [5, 5.41) is 2.65. The van der Waals surface area contributed by atoms with Crippen LogP contribution in [-0.4, -0.2) is 16.4 Å². The molecule has 0 aliphatic heterocycles. The highest BCUT2D eigenvalue weighted by Crippen LogP contribution is 2.23. The molecule has 0 aliphatic rings. The van der Waals surface area contributed by atoms with Crippen LogP contribution in [0.1, 0.15) is 28.7 Å². The van der Waals surface area contributed by atoms with Crippen LogP contribution in [-0.2, 0) is 4.79 Å². The first-order valence-corrected chi connectivity index (χ1v) is 8.40. The highest BCUT2D eigenvalue weighted by molar-refractivity contribution is 5.93. The molecule has 0 atom stereocenters. The van der Waals surface area contributed by atoms with Crippen molar-refractivity contribution in [3.05, 3.63) is 77.4 Å². The van der Waals surface area contributed by atoms with E-state index in [4.69, 9.17) is 4.74 Å². The Morgan fingerprint density at radius 3 is 2.22 bits per heavy atom. The summed E-state index contributed by atoms with van der Waals surface area (Å²) in [5.41, 5.74) is 3.37. The summed E-state index contributed by atoms with van der Waals surface area (Å²) in [6, 6.07) is 14.4. The minimum atomic E-state index is -0.483. The normalized spacial score (nSPS) is 10.5. The predicted molar refractivity (Wildman–Crippen MR) is 101 cm³/mol. The third kappa shape index (κ3) is 4.06. The predicted octanol–water partition coefficient (Wildman–Crippen LogP) is 4.41. The molecule has 1 amide bonds. The number of rotatable bonds is 4. The first kappa shape index (κ1) is 18.4. The largest absolute Gasteiger partial charge is 0.423 e. The lowest BCUT2D eigenvalue weighted by atomic mass is 10.2. The number of esters is 1. The van der Waals surface area contributed by atoms with E-state index in [9.17, 15) is 14.0 Å². The van der Waals surface area contributed by atoms with Crippen molar-refractivity contribution in [3.8, 4) is 11.4 Å². The van der Waals surface area contributed by atoms with Crippen LogP contribution >= 0.6 is 0 Å². The van der Waals surface area contributed by atoms with Gasteiger partial charge in [0, 0.05) is 29.7 Å².